The summed E-state index contributed by atoms with van der Waals surface area (Å²) < 4.78 is 0. The summed E-state index contributed by atoms with van der Waals surface area (Å²) in [5.41, 5.74) is 5.87. The van der Waals surface area contributed by atoms with Gasteiger partial charge in [-0.2, -0.15) is 0 Å². The first-order valence-corrected chi connectivity index (χ1v) is 7.30. The van der Waals surface area contributed by atoms with Gasteiger partial charge in [0.05, 0.1) is 6.17 Å². The van der Waals surface area contributed by atoms with E-state index < -0.39 is 0 Å². The van der Waals surface area contributed by atoms with Crippen molar-refractivity contribution in [2.45, 2.75) is 84.2 Å². The zero-order valence-corrected chi connectivity index (χ0v) is 11.4. The predicted molar refractivity (Wildman–Crippen MR) is 73.5 cm³/mol. The van der Waals surface area contributed by atoms with E-state index in [1.165, 1.54) is 57.8 Å². The van der Waals surface area contributed by atoms with Gasteiger partial charge >= 0.3 is 0 Å². The van der Waals surface area contributed by atoms with Crippen molar-refractivity contribution in [2.75, 3.05) is 6.54 Å². The van der Waals surface area contributed by atoms with E-state index in [2.05, 4.69) is 19.2 Å². The van der Waals surface area contributed by atoms with Gasteiger partial charge < -0.3 is 11.1 Å². The molecule has 2 heteroatoms. The lowest BCUT2D eigenvalue weighted by atomic mass is 10.1. The molecule has 0 saturated heterocycles. The van der Waals surface area contributed by atoms with Crippen molar-refractivity contribution in [3.05, 3.63) is 0 Å². The molecular weight excluding hydrogens is 196 g/mol. The van der Waals surface area contributed by atoms with E-state index in [0.717, 1.165) is 13.0 Å². The molecule has 0 radical (unpaired) electrons. The van der Waals surface area contributed by atoms with Crippen LogP contribution in [0.3, 0.4) is 0 Å². The fourth-order valence-electron chi connectivity index (χ4n) is 2.04. The molecule has 0 bridgehead atoms. The Labute approximate surface area is 102 Å². The lowest BCUT2D eigenvalue weighted by molar-refractivity contribution is 0.471. The van der Waals surface area contributed by atoms with Gasteiger partial charge in [0, 0.05) is 0 Å². The molecule has 0 aliphatic heterocycles. The highest BCUT2D eigenvalue weighted by Crippen LogP contribution is 2.10. The van der Waals surface area contributed by atoms with Crippen LogP contribution in [0.1, 0.15) is 78.1 Å². The van der Waals surface area contributed by atoms with Gasteiger partial charge in [-0.1, -0.05) is 71.6 Å². The van der Waals surface area contributed by atoms with Crippen molar-refractivity contribution in [3.63, 3.8) is 0 Å². The summed E-state index contributed by atoms with van der Waals surface area (Å²) in [6.45, 7) is 5.36. The van der Waals surface area contributed by atoms with Gasteiger partial charge in [0.25, 0.3) is 0 Å². The Morgan fingerprint density at radius 2 is 1.31 bits per heavy atom. The molecule has 16 heavy (non-hydrogen) atoms. The SMILES string of the molecule is CCCCCCCCCCCC(N)NCC. The minimum absolute atomic E-state index is 0.217. The number of nitrogens with two attached hydrogens (primary N) is 1. The minimum atomic E-state index is 0.217. The third-order valence-electron chi connectivity index (χ3n) is 3.08. The van der Waals surface area contributed by atoms with Crippen LogP contribution >= 0.6 is 0 Å². The summed E-state index contributed by atoms with van der Waals surface area (Å²) in [5, 5.41) is 3.25. The smallest absolute Gasteiger partial charge is 0.0546 e. The summed E-state index contributed by atoms with van der Waals surface area (Å²) in [6, 6.07) is 0. The molecular formula is C14H32N2. The average Bonchev–Trinajstić information content (AvgIpc) is 2.27. The Kier molecular flexibility index (Phi) is 12.9. The molecule has 0 aliphatic rings. The Morgan fingerprint density at radius 3 is 1.81 bits per heavy atom. The molecule has 0 aromatic carbocycles. The molecule has 98 valence electrons. The Bertz CT molecular complexity index is 126. The second-order valence-corrected chi connectivity index (χ2v) is 4.78. The molecule has 0 aliphatic carbocycles. The highest BCUT2D eigenvalue weighted by Gasteiger charge is 1.98. The molecule has 0 rings (SSSR count). The normalized spacial score (nSPS) is 12.9. The molecule has 0 amide bonds. The maximum atomic E-state index is 5.87. The molecule has 1 atom stereocenters. The third-order valence-corrected chi connectivity index (χ3v) is 3.08. The fourth-order valence-corrected chi connectivity index (χ4v) is 2.04. The molecule has 0 heterocycles. The number of unbranched alkanes of at least 4 members (excludes halogenated alkanes) is 8. The van der Waals surface area contributed by atoms with Crippen molar-refractivity contribution >= 4 is 0 Å². The van der Waals surface area contributed by atoms with Crippen LogP contribution in [0.5, 0.6) is 0 Å². The van der Waals surface area contributed by atoms with Crippen molar-refractivity contribution in [1.82, 2.24) is 5.32 Å². The first-order chi connectivity index (χ1) is 7.81. The first kappa shape index (κ1) is 15.9. The van der Waals surface area contributed by atoms with E-state index in [1.807, 2.05) is 0 Å². The van der Waals surface area contributed by atoms with E-state index in [-0.39, 0.29) is 6.17 Å². The zero-order valence-electron chi connectivity index (χ0n) is 11.4. The molecule has 0 aromatic heterocycles. The standard InChI is InChI=1S/C14H32N2/c1-3-5-6-7-8-9-10-11-12-13-14(15)16-4-2/h14,16H,3-13,15H2,1-2H3. The van der Waals surface area contributed by atoms with E-state index >= 15 is 0 Å². The van der Waals surface area contributed by atoms with Crippen LogP contribution in [-0.4, -0.2) is 12.7 Å². The first-order valence-electron chi connectivity index (χ1n) is 7.30. The van der Waals surface area contributed by atoms with E-state index in [1.54, 1.807) is 0 Å². The Morgan fingerprint density at radius 1 is 0.812 bits per heavy atom. The van der Waals surface area contributed by atoms with Crippen LogP contribution < -0.4 is 11.1 Å². The van der Waals surface area contributed by atoms with Crippen molar-refractivity contribution in [1.29, 1.82) is 0 Å². The van der Waals surface area contributed by atoms with Crippen molar-refractivity contribution in [3.8, 4) is 0 Å². The van der Waals surface area contributed by atoms with Crippen molar-refractivity contribution in [2.24, 2.45) is 5.73 Å². The van der Waals surface area contributed by atoms with E-state index in [4.69, 9.17) is 5.73 Å². The van der Waals surface area contributed by atoms with Crippen LogP contribution in [-0.2, 0) is 0 Å². The molecule has 2 nitrogen and oxygen atoms in total. The molecule has 0 spiro atoms. The minimum Gasteiger partial charge on any atom is -0.316 e. The van der Waals surface area contributed by atoms with Gasteiger partial charge in [-0.05, 0) is 13.0 Å². The van der Waals surface area contributed by atoms with E-state index in [0.29, 0.717) is 0 Å². The second kappa shape index (κ2) is 13.0. The Hall–Kier alpha value is -0.0800. The van der Waals surface area contributed by atoms with Gasteiger partial charge in [-0.3, -0.25) is 0 Å². The molecule has 0 aromatic rings. The summed E-state index contributed by atoms with van der Waals surface area (Å²) in [5.74, 6) is 0. The van der Waals surface area contributed by atoms with E-state index in [9.17, 15) is 0 Å². The number of hydrogen-bond acceptors (Lipinski definition) is 2. The topological polar surface area (TPSA) is 38.0 Å². The average molecular weight is 228 g/mol. The maximum Gasteiger partial charge on any atom is 0.0546 e. The lowest BCUT2D eigenvalue weighted by Crippen LogP contribution is -2.36. The van der Waals surface area contributed by atoms with Crippen LogP contribution in [0.4, 0.5) is 0 Å². The summed E-state index contributed by atoms with van der Waals surface area (Å²) in [7, 11) is 0. The van der Waals surface area contributed by atoms with Crippen LogP contribution in [0.2, 0.25) is 0 Å². The monoisotopic (exact) mass is 228 g/mol. The van der Waals surface area contributed by atoms with Crippen molar-refractivity contribution < 1.29 is 0 Å². The second-order valence-electron chi connectivity index (χ2n) is 4.78. The largest absolute Gasteiger partial charge is 0.316 e. The quantitative estimate of drug-likeness (QED) is 0.394. The fraction of sp³-hybridized carbons (Fsp3) is 1.00. The number of nitrogens with one attached hydrogen (secondary N) is 1. The van der Waals surface area contributed by atoms with Gasteiger partial charge in [-0.25, -0.2) is 0 Å². The maximum absolute atomic E-state index is 5.87. The van der Waals surface area contributed by atoms with Gasteiger partial charge in [0.15, 0.2) is 0 Å². The number of hydrogen-bond donors (Lipinski definition) is 2. The zero-order chi connectivity index (χ0) is 12.1. The molecule has 1 unspecified atom stereocenters. The number of rotatable bonds is 12. The predicted octanol–water partition coefficient (Wildman–Crippen LogP) is 3.80. The van der Waals surface area contributed by atoms with Gasteiger partial charge in [0.2, 0.25) is 0 Å². The molecule has 3 N–H and O–H groups in total. The summed E-state index contributed by atoms with van der Waals surface area (Å²) in [6.07, 6.45) is 13.9. The highest BCUT2D eigenvalue weighted by molar-refractivity contribution is 4.57. The molecule has 0 fully saturated rings. The lowest BCUT2D eigenvalue weighted by Gasteiger charge is -2.11. The van der Waals surface area contributed by atoms with Crippen LogP contribution in [0, 0.1) is 0 Å². The van der Waals surface area contributed by atoms with Crippen LogP contribution in [0.25, 0.3) is 0 Å². The van der Waals surface area contributed by atoms with Gasteiger partial charge in [0.1, 0.15) is 0 Å². The Balaban J connectivity index is 2.98. The van der Waals surface area contributed by atoms with Gasteiger partial charge in [-0.15, -0.1) is 0 Å². The summed E-state index contributed by atoms with van der Waals surface area (Å²) in [4.78, 5) is 0. The van der Waals surface area contributed by atoms with Crippen LogP contribution in [0.15, 0.2) is 0 Å². The highest BCUT2D eigenvalue weighted by atomic mass is 15.0. The molecule has 0 saturated carbocycles. The third kappa shape index (κ3) is 12.0. The summed E-state index contributed by atoms with van der Waals surface area (Å²) >= 11 is 0.